The van der Waals surface area contributed by atoms with Gasteiger partial charge in [0.25, 0.3) is 0 Å². The van der Waals surface area contributed by atoms with Crippen LogP contribution in [0.1, 0.15) is 24.1 Å². The summed E-state index contributed by atoms with van der Waals surface area (Å²) in [5.41, 5.74) is 5.19. The quantitative estimate of drug-likeness (QED) is 0.772. The third-order valence-electron chi connectivity index (χ3n) is 2.70. The lowest BCUT2D eigenvalue weighted by Crippen LogP contribution is -2.51. The summed E-state index contributed by atoms with van der Waals surface area (Å²) in [5, 5.41) is 12.0. The molecule has 13 heavy (non-hydrogen) atoms. The maximum absolute atomic E-state index is 9.90. The molecule has 3 heteroatoms. The van der Waals surface area contributed by atoms with Crippen LogP contribution < -0.4 is 5.73 Å². The van der Waals surface area contributed by atoms with Crippen LogP contribution in [0.15, 0.2) is 17.5 Å². The number of aryl methyl sites for hydroxylation is 1. The Hall–Kier alpha value is -0.380. The van der Waals surface area contributed by atoms with Gasteiger partial charge in [0.2, 0.25) is 0 Å². The van der Waals surface area contributed by atoms with Gasteiger partial charge in [-0.2, -0.15) is 0 Å². The van der Waals surface area contributed by atoms with Gasteiger partial charge in [0.05, 0.1) is 5.60 Å². The van der Waals surface area contributed by atoms with Crippen LogP contribution in [0, 0.1) is 0 Å². The largest absolute Gasteiger partial charge is 0.390 e. The number of rotatable bonds is 3. The number of hydrogen-bond donors (Lipinski definition) is 2. The van der Waals surface area contributed by atoms with Crippen LogP contribution in [0.25, 0.3) is 0 Å². The van der Waals surface area contributed by atoms with Crippen LogP contribution in [0.4, 0.5) is 0 Å². The Morgan fingerprint density at radius 1 is 1.62 bits per heavy atom. The Kier molecular flexibility index (Phi) is 2.41. The molecule has 2 rings (SSSR count). The van der Waals surface area contributed by atoms with Crippen molar-refractivity contribution in [1.82, 2.24) is 0 Å². The van der Waals surface area contributed by atoms with Gasteiger partial charge >= 0.3 is 0 Å². The average Bonchev–Trinajstić information content (AvgIpc) is 2.50. The van der Waals surface area contributed by atoms with Crippen LogP contribution in [-0.4, -0.2) is 16.7 Å². The number of aliphatic hydroxyl groups is 1. The smallest absolute Gasteiger partial charge is 0.0680 e. The van der Waals surface area contributed by atoms with Crippen molar-refractivity contribution in [2.75, 3.05) is 0 Å². The van der Waals surface area contributed by atoms with Crippen molar-refractivity contribution in [3.05, 3.63) is 22.4 Å². The predicted molar refractivity (Wildman–Crippen MR) is 54.8 cm³/mol. The Morgan fingerprint density at radius 3 is 2.92 bits per heavy atom. The lowest BCUT2D eigenvalue weighted by atomic mass is 9.73. The van der Waals surface area contributed by atoms with E-state index >= 15 is 0 Å². The third kappa shape index (κ3) is 2.10. The van der Waals surface area contributed by atoms with Crippen molar-refractivity contribution in [2.45, 2.75) is 37.3 Å². The van der Waals surface area contributed by atoms with E-state index in [0.29, 0.717) is 0 Å². The summed E-state index contributed by atoms with van der Waals surface area (Å²) in [6.07, 6.45) is 3.40. The van der Waals surface area contributed by atoms with Crippen molar-refractivity contribution >= 4 is 11.3 Å². The molecule has 72 valence electrons. The zero-order valence-corrected chi connectivity index (χ0v) is 8.39. The van der Waals surface area contributed by atoms with E-state index in [2.05, 4.69) is 17.5 Å². The lowest BCUT2D eigenvalue weighted by molar-refractivity contribution is -0.0524. The van der Waals surface area contributed by atoms with Crippen LogP contribution in [0.3, 0.4) is 0 Å². The van der Waals surface area contributed by atoms with E-state index in [9.17, 15) is 5.11 Å². The highest BCUT2D eigenvalue weighted by Gasteiger charge is 2.39. The van der Waals surface area contributed by atoms with Gasteiger partial charge in [-0.3, -0.25) is 0 Å². The van der Waals surface area contributed by atoms with Crippen molar-refractivity contribution in [2.24, 2.45) is 5.73 Å². The highest BCUT2D eigenvalue weighted by molar-refractivity contribution is 7.09. The second-order valence-electron chi connectivity index (χ2n) is 3.97. The molecule has 0 bridgehead atoms. The zero-order chi connectivity index (χ0) is 9.31. The van der Waals surface area contributed by atoms with Crippen LogP contribution in [-0.2, 0) is 6.42 Å². The molecule has 1 aromatic rings. The van der Waals surface area contributed by atoms with Gasteiger partial charge in [0.15, 0.2) is 0 Å². The van der Waals surface area contributed by atoms with Crippen molar-refractivity contribution < 1.29 is 5.11 Å². The Bertz CT molecular complexity index is 264. The van der Waals surface area contributed by atoms with Crippen LogP contribution in [0.5, 0.6) is 0 Å². The summed E-state index contributed by atoms with van der Waals surface area (Å²) in [6, 6.07) is 4.40. The molecule has 0 spiro atoms. The van der Waals surface area contributed by atoms with E-state index < -0.39 is 5.60 Å². The summed E-state index contributed by atoms with van der Waals surface area (Å²) in [5.74, 6) is 0. The zero-order valence-electron chi connectivity index (χ0n) is 7.57. The topological polar surface area (TPSA) is 46.2 Å². The summed E-state index contributed by atoms with van der Waals surface area (Å²) in [6.45, 7) is 0. The van der Waals surface area contributed by atoms with E-state index in [-0.39, 0.29) is 6.04 Å². The van der Waals surface area contributed by atoms with E-state index in [4.69, 9.17) is 5.73 Å². The molecule has 1 aromatic heterocycles. The molecule has 1 aliphatic carbocycles. The fourth-order valence-corrected chi connectivity index (χ4v) is 2.64. The molecule has 0 saturated heterocycles. The van der Waals surface area contributed by atoms with E-state index in [0.717, 1.165) is 25.7 Å². The van der Waals surface area contributed by atoms with E-state index in [1.807, 2.05) is 0 Å². The first-order chi connectivity index (χ1) is 6.18. The van der Waals surface area contributed by atoms with Gasteiger partial charge in [-0.15, -0.1) is 11.3 Å². The Balaban J connectivity index is 1.80. The van der Waals surface area contributed by atoms with Gasteiger partial charge in [-0.25, -0.2) is 0 Å². The van der Waals surface area contributed by atoms with Gasteiger partial charge < -0.3 is 10.8 Å². The van der Waals surface area contributed by atoms with Crippen molar-refractivity contribution in [3.8, 4) is 0 Å². The van der Waals surface area contributed by atoms with Gasteiger partial charge in [-0.1, -0.05) is 6.07 Å². The summed E-state index contributed by atoms with van der Waals surface area (Å²) >= 11 is 1.76. The minimum atomic E-state index is -0.455. The molecule has 3 N–H and O–H groups in total. The molecule has 0 radical (unpaired) electrons. The fourth-order valence-electron chi connectivity index (χ4n) is 1.93. The molecular formula is C10H15NOS. The first kappa shape index (κ1) is 9.19. The van der Waals surface area contributed by atoms with Crippen molar-refractivity contribution in [1.29, 1.82) is 0 Å². The molecule has 0 aromatic carbocycles. The van der Waals surface area contributed by atoms with E-state index in [1.165, 1.54) is 4.88 Å². The van der Waals surface area contributed by atoms with Gasteiger partial charge in [0, 0.05) is 10.9 Å². The highest BCUT2D eigenvalue weighted by Crippen LogP contribution is 2.35. The second-order valence-corrected chi connectivity index (χ2v) is 5.00. The number of nitrogens with two attached hydrogens (primary N) is 1. The van der Waals surface area contributed by atoms with Crippen LogP contribution in [0.2, 0.25) is 0 Å². The molecule has 1 heterocycles. The maximum atomic E-state index is 9.90. The summed E-state index contributed by atoms with van der Waals surface area (Å²) < 4.78 is 0. The molecule has 0 aliphatic heterocycles. The fraction of sp³-hybridized carbons (Fsp3) is 0.600. The molecule has 0 unspecified atom stereocenters. The lowest BCUT2D eigenvalue weighted by Gasteiger charge is -2.41. The normalized spacial score (nSPS) is 32.9. The van der Waals surface area contributed by atoms with Crippen molar-refractivity contribution in [3.63, 3.8) is 0 Å². The minimum Gasteiger partial charge on any atom is -0.390 e. The first-order valence-corrected chi connectivity index (χ1v) is 5.56. The maximum Gasteiger partial charge on any atom is 0.0680 e. The first-order valence-electron chi connectivity index (χ1n) is 4.68. The SMILES string of the molecule is NC1CC(O)(CCc2cccs2)C1. The van der Waals surface area contributed by atoms with Gasteiger partial charge in [0.1, 0.15) is 0 Å². The Morgan fingerprint density at radius 2 is 2.38 bits per heavy atom. The second kappa shape index (κ2) is 3.40. The molecule has 0 atom stereocenters. The highest BCUT2D eigenvalue weighted by atomic mass is 32.1. The number of thiophene rings is 1. The van der Waals surface area contributed by atoms with Gasteiger partial charge in [-0.05, 0) is 37.1 Å². The predicted octanol–water partition coefficient (Wildman–Crippen LogP) is 1.53. The minimum absolute atomic E-state index is 0.230. The standard InChI is InChI=1S/C10H15NOS/c11-8-6-10(12,7-8)4-3-9-2-1-5-13-9/h1-2,5,8,12H,3-4,6-7,11H2. The third-order valence-corrected chi connectivity index (χ3v) is 3.64. The molecule has 2 nitrogen and oxygen atoms in total. The molecule has 1 saturated carbocycles. The summed E-state index contributed by atoms with van der Waals surface area (Å²) in [4.78, 5) is 1.36. The van der Waals surface area contributed by atoms with E-state index in [1.54, 1.807) is 11.3 Å². The molecule has 0 amide bonds. The summed E-state index contributed by atoms with van der Waals surface area (Å²) in [7, 11) is 0. The number of hydrogen-bond acceptors (Lipinski definition) is 3. The average molecular weight is 197 g/mol. The monoisotopic (exact) mass is 197 g/mol. The molecule has 1 fully saturated rings. The van der Waals surface area contributed by atoms with Crippen LogP contribution >= 0.6 is 11.3 Å². The molecular weight excluding hydrogens is 182 g/mol. The Labute approximate surface area is 82.4 Å². The molecule has 1 aliphatic rings.